The summed E-state index contributed by atoms with van der Waals surface area (Å²) in [7, 11) is 0. The fraction of sp³-hybridized carbons (Fsp3) is 0.250. The number of fused-ring (bicyclic) bond motifs is 1. The molecule has 0 unspecified atom stereocenters. The van der Waals surface area contributed by atoms with Gasteiger partial charge in [0, 0.05) is 26.7 Å². The number of aromatic nitrogens is 2. The highest BCUT2D eigenvalue weighted by Gasteiger charge is 2.11. The summed E-state index contributed by atoms with van der Waals surface area (Å²) in [6.07, 6.45) is 0.914. The fourth-order valence-corrected chi connectivity index (χ4v) is 3.40. The first-order valence-electron chi connectivity index (χ1n) is 6.63. The molecule has 2 nitrogen and oxygen atoms in total. The number of halogens is 1. The van der Waals surface area contributed by atoms with Gasteiger partial charge in [-0.25, -0.2) is 9.97 Å². The van der Waals surface area contributed by atoms with Crippen LogP contribution >= 0.6 is 22.9 Å². The molecule has 3 aromatic rings. The molecule has 2 aromatic heterocycles. The van der Waals surface area contributed by atoms with E-state index in [-0.39, 0.29) is 0 Å². The summed E-state index contributed by atoms with van der Waals surface area (Å²) in [6, 6.07) is 10.2. The molecule has 0 aliphatic carbocycles. The Labute approximate surface area is 127 Å². The van der Waals surface area contributed by atoms with Crippen LogP contribution in [-0.4, -0.2) is 9.97 Å². The summed E-state index contributed by atoms with van der Waals surface area (Å²) in [5.74, 6) is 1.28. The summed E-state index contributed by atoms with van der Waals surface area (Å²) >= 11 is 7.87. The van der Waals surface area contributed by atoms with Crippen LogP contribution < -0.4 is 0 Å². The third-order valence-electron chi connectivity index (χ3n) is 3.09. The van der Waals surface area contributed by atoms with Crippen LogP contribution in [0.4, 0.5) is 0 Å². The smallest absolute Gasteiger partial charge is 0.162 e. The first-order valence-corrected chi connectivity index (χ1v) is 7.89. The largest absolute Gasteiger partial charge is 0.233 e. The number of hydrogen-bond donors (Lipinski definition) is 0. The quantitative estimate of drug-likeness (QED) is 0.621. The van der Waals surface area contributed by atoms with Gasteiger partial charge in [0.1, 0.15) is 5.15 Å². The van der Waals surface area contributed by atoms with Crippen molar-refractivity contribution in [3.05, 3.63) is 46.6 Å². The zero-order valence-electron chi connectivity index (χ0n) is 11.4. The maximum Gasteiger partial charge on any atom is 0.162 e. The highest BCUT2D eigenvalue weighted by molar-refractivity contribution is 7.17. The van der Waals surface area contributed by atoms with Gasteiger partial charge in [-0.2, -0.15) is 0 Å². The second-order valence-electron chi connectivity index (χ2n) is 5.25. The Bertz CT molecular complexity index is 749. The highest BCUT2D eigenvalue weighted by Crippen LogP contribution is 2.32. The van der Waals surface area contributed by atoms with E-state index in [2.05, 4.69) is 41.3 Å². The molecule has 0 saturated heterocycles. The predicted octanol–water partition coefficient (Wildman–Crippen LogP) is 5.21. The summed E-state index contributed by atoms with van der Waals surface area (Å²) in [6.45, 7) is 4.35. The Balaban J connectivity index is 2.11. The van der Waals surface area contributed by atoms with Crippen LogP contribution in [0, 0.1) is 5.92 Å². The zero-order chi connectivity index (χ0) is 14.1. The zero-order valence-corrected chi connectivity index (χ0v) is 13.0. The molecule has 0 aliphatic rings. The van der Waals surface area contributed by atoms with Gasteiger partial charge in [-0.1, -0.05) is 43.6 Å². The summed E-state index contributed by atoms with van der Waals surface area (Å²) < 4.78 is 1.25. The maximum absolute atomic E-state index is 6.15. The topological polar surface area (TPSA) is 25.8 Å². The predicted molar refractivity (Wildman–Crippen MR) is 86.4 cm³/mol. The SMILES string of the molecule is CC(C)Cc1cc(Cl)nc(-c2csc3ccccc23)n1. The Morgan fingerprint density at radius 3 is 2.80 bits per heavy atom. The molecule has 0 spiro atoms. The van der Waals surface area contributed by atoms with Crippen LogP contribution in [0.1, 0.15) is 19.5 Å². The van der Waals surface area contributed by atoms with E-state index in [9.17, 15) is 0 Å². The van der Waals surface area contributed by atoms with E-state index in [1.165, 1.54) is 10.1 Å². The minimum atomic E-state index is 0.515. The second kappa shape index (κ2) is 5.51. The molecule has 0 atom stereocenters. The van der Waals surface area contributed by atoms with Gasteiger partial charge < -0.3 is 0 Å². The summed E-state index contributed by atoms with van der Waals surface area (Å²) in [5.41, 5.74) is 2.07. The number of nitrogens with zero attached hydrogens (tertiary/aromatic N) is 2. The molecule has 0 saturated carbocycles. The Morgan fingerprint density at radius 2 is 2.00 bits per heavy atom. The van der Waals surface area contributed by atoms with E-state index in [0.717, 1.165) is 23.5 Å². The van der Waals surface area contributed by atoms with Crippen LogP contribution in [0.5, 0.6) is 0 Å². The lowest BCUT2D eigenvalue weighted by Crippen LogP contribution is -2.00. The average Bonchev–Trinajstić information content (AvgIpc) is 2.80. The van der Waals surface area contributed by atoms with Gasteiger partial charge >= 0.3 is 0 Å². The van der Waals surface area contributed by atoms with Gasteiger partial charge in [0.15, 0.2) is 5.82 Å². The highest BCUT2D eigenvalue weighted by atomic mass is 35.5. The van der Waals surface area contributed by atoms with Gasteiger partial charge in [-0.15, -0.1) is 11.3 Å². The number of hydrogen-bond acceptors (Lipinski definition) is 3. The van der Waals surface area contributed by atoms with Crippen molar-refractivity contribution in [2.45, 2.75) is 20.3 Å². The lowest BCUT2D eigenvalue weighted by atomic mass is 10.1. The molecule has 1 aromatic carbocycles. The van der Waals surface area contributed by atoms with E-state index >= 15 is 0 Å². The normalized spacial score (nSPS) is 11.4. The molecule has 2 heterocycles. The van der Waals surface area contributed by atoms with E-state index in [0.29, 0.717) is 11.1 Å². The number of thiophene rings is 1. The third-order valence-corrected chi connectivity index (χ3v) is 4.24. The lowest BCUT2D eigenvalue weighted by molar-refractivity contribution is 0.634. The molecule has 102 valence electrons. The van der Waals surface area contributed by atoms with Crippen LogP contribution in [0.25, 0.3) is 21.5 Å². The minimum absolute atomic E-state index is 0.515. The maximum atomic E-state index is 6.15. The van der Waals surface area contributed by atoms with Crippen molar-refractivity contribution in [3.63, 3.8) is 0 Å². The molecule has 20 heavy (non-hydrogen) atoms. The Kier molecular flexibility index (Phi) is 3.72. The Morgan fingerprint density at radius 1 is 1.20 bits per heavy atom. The molecule has 0 radical (unpaired) electrons. The molecular formula is C16H15ClN2S. The first kappa shape index (κ1) is 13.5. The molecule has 0 N–H and O–H groups in total. The number of rotatable bonds is 3. The van der Waals surface area contributed by atoms with Gasteiger partial charge in [0.25, 0.3) is 0 Å². The first-order chi connectivity index (χ1) is 9.63. The average molecular weight is 303 g/mol. The lowest BCUT2D eigenvalue weighted by Gasteiger charge is -2.07. The van der Waals surface area contributed by atoms with Crippen molar-refractivity contribution >= 4 is 33.0 Å². The van der Waals surface area contributed by atoms with Crippen LogP contribution in [0.2, 0.25) is 5.15 Å². The van der Waals surface area contributed by atoms with Crippen molar-refractivity contribution in [1.29, 1.82) is 0 Å². The van der Waals surface area contributed by atoms with Crippen molar-refractivity contribution in [2.24, 2.45) is 5.92 Å². The standard InChI is InChI=1S/C16H15ClN2S/c1-10(2)7-11-8-15(17)19-16(18-11)13-9-20-14-6-4-3-5-12(13)14/h3-6,8-10H,7H2,1-2H3. The van der Waals surface area contributed by atoms with Gasteiger partial charge in [0.05, 0.1) is 0 Å². The molecular weight excluding hydrogens is 288 g/mol. The summed E-state index contributed by atoms with van der Waals surface area (Å²) in [4.78, 5) is 9.07. The molecule has 0 bridgehead atoms. The van der Waals surface area contributed by atoms with Crippen molar-refractivity contribution < 1.29 is 0 Å². The van der Waals surface area contributed by atoms with Crippen molar-refractivity contribution in [1.82, 2.24) is 9.97 Å². The molecule has 4 heteroatoms. The van der Waals surface area contributed by atoms with E-state index in [1.807, 2.05) is 18.2 Å². The monoisotopic (exact) mass is 302 g/mol. The minimum Gasteiger partial charge on any atom is -0.233 e. The second-order valence-corrected chi connectivity index (χ2v) is 6.55. The number of benzene rings is 1. The molecule has 3 rings (SSSR count). The van der Waals surface area contributed by atoms with Crippen LogP contribution in [-0.2, 0) is 6.42 Å². The molecule has 0 amide bonds. The third kappa shape index (κ3) is 2.69. The van der Waals surface area contributed by atoms with Gasteiger partial charge in [0.2, 0.25) is 0 Å². The van der Waals surface area contributed by atoms with Crippen molar-refractivity contribution in [2.75, 3.05) is 0 Å². The summed E-state index contributed by atoms with van der Waals surface area (Å²) in [5, 5.41) is 3.81. The van der Waals surface area contributed by atoms with E-state index < -0.39 is 0 Å². The van der Waals surface area contributed by atoms with Crippen molar-refractivity contribution in [3.8, 4) is 11.4 Å². The van der Waals surface area contributed by atoms with Gasteiger partial charge in [-0.05, 0) is 24.5 Å². The molecule has 0 aliphatic heterocycles. The fourth-order valence-electron chi connectivity index (χ4n) is 2.26. The molecule has 0 fully saturated rings. The van der Waals surface area contributed by atoms with Crippen LogP contribution in [0.3, 0.4) is 0 Å². The Hall–Kier alpha value is -1.45. The van der Waals surface area contributed by atoms with E-state index in [1.54, 1.807) is 11.3 Å². The van der Waals surface area contributed by atoms with Gasteiger partial charge in [-0.3, -0.25) is 0 Å². The van der Waals surface area contributed by atoms with Crippen LogP contribution in [0.15, 0.2) is 35.7 Å². The van der Waals surface area contributed by atoms with E-state index in [4.69, 9.17) is 11.6 Å².